The molecule has 0 radical (unpaired) electrons. The fraction of sp³-hybridized carbons (Fsp3) is 0.182. The zero-order valence-corrected chi connectivity index (χ0v) is 13.3. The zero-order valence-electron chi connectivity index (χ0n) is 13.3. The van der Waals surface area contributed by atoms with Gasteiger partial charge in [-0.25, -0.2) is 0 Å². The molecule has 2 aliphatic rings. The number of fused-ring (bicyclic) bond motifs is 1. The Kier molecular flexibility index (Phi) is 3.85. The first-order chi connectivity index (χ1) is 10.5. The zero-order chi connectivity index (χ0) is 15.7. The molecule has 110 valence electrons. The highest BCUT2D eigenvalue weighted by atomic mass is 14.2. The lowest BCUT2D eigenvalue weighted by atomic mass is 9.86. The van der Waals surface area contributed by atoms with E-state index in [4.69, 9.17) is 0 Å². The van der Waals surface area contributed by atoms with Gasteiger partial charge in [-0.1, -0.05) is 78.9 Å². The smallest absolute Gasteiger partial charge is 0.00664 e. The molecule has 2 aliphatic carbocycles. The van der Waals surface area contributed by atoms with E-state index < -0.39 is 0 Å². The van der Waals surface area contributed by atoms with Crippen molar-refractivity contribution in [2.75, 3.05) is 0 Å². The molecule has 0 N–H and O–H groups in total. The second-order valence-electron chi connectivity index (χ2n) is 6.32. The molecule has 0 heteroatoms. The summed E-state index contributed by atoms with van der Waals surface area (Å²) in [4.78, 5) is 0. The summed E-state index contributed by atoms with van der Waals surface area (Å²) in [6, 6.07) is 6.62. The van der Waals surface area contributed by atoms with E-state index in [0.717, 1.165) is 30.4 Å². The van der Waals surface area contributed by atoms with Crippen molar-refractivity contribution in [1.29, 1.82) is 0 Å². The number of benzene rings is 1. The largest absolute Gasteiger partial charge is 0.0992 e. The van der Waals surface area contributed by atoms with Gasteiger partial charge in [0.25, 0.3) is 0 Å². The Morgan fingerprint density at radius 1 is 1.05 bits per heavy atom. The Morgan fingerprint density at radius 3 is 2.64 bits per heavy atom. The van der Waals surface area contributed by atoms with E-state index in [9.17, 15) is 0 Å². The number of hydrogen-bond donors (Lipinski definition) is 0. The van der Waals surface area contributed by atoms with E-state index in [1.807, 2.05) is 0 Å². The molecule has 0 amide bonds. The molecular formula is C22H22. The van der Waals surface area contributed by atoms with Crippen LogP contribution in [-0.4, -0.2) is 0 Å². The fourth-order valence-electron chi connectivity index (χ4n) is 3.16. The molecular weight excluding hydrogens is 264 g/mol. The van der Waals surface area contributed by atoms with E-state index in [1.54, 1.807) is 0 Å². The Labute approximate surface area is 133 Å². The third-order valence-corrected chi connectivity index (χ3v) is 4.28. The lowest BCUT2D eigenvalue weighted by Gasteiger charge is -2.19. The number of rotatable bonds is 2. The lowest BCUT2D eigenvalue weighted by Crippen LogP contribution is -2.01. The molecule has 3 rings (SSSR count). The van der Waals surface area contributed by atoms with Gasteiger partial charge in [0.2, 0.25) is 0 Å². The van der Waals surface area contributed by atoms with Crippen LogP contribution < -0.4 is 0 Å². The van der Waals surface area contributed by atoms with Crippen molar-refractivity contribution in [2.45, 2.75) is 26.2 Å². The lowest BCUT2D eigenvalue weighted by molar-refractivity contribution is 1.01. The maximum absolute atomic E-state index is 4.30. The molecule has 0 bridgehead atoms. The fourth-order valence-corrected chi connectivity index (χ4v) is 3.16. The van der Waals surface area contributed by atoms with Crippen molar-refractivity contribution < 1.29 is 0 Å². The van der Waals surface area contributed by atoms with E-state index in [-0.39, 0.29) is 0 Å². The molecule has 0 fully saturated rings. The molecule has 0 heterocycles. The third-order valence-electron chi connectivity index (χ3n) is 4.28. The molecule has 0 saturated carbocycles. The van der Waals surface area contributed by atoms with E-state index in [1.165, 1.54) is 33.4 Å². The van der Waals surface area contributed by atoms with E-state index in [2.05, 4.69) is 69.2 Å². The van der Waals surface area contributed by atoms with Crippen LogP contribution in [0.2, 0.25) is 0 Å². The normalized spacial score (nSPS) is 18.3. The molecule has 1 aromatic rings. The second kappa shape index (κ2) is 5.81. The molecule has 0 aromatic heterocycles. The number of hydrogen-bond acceptors (Lipinski definition) is 0. The van der Waals surface area contributed by atoms with Gasteiger partial charge in [-0.05, 0) is 54.0 Å². The van der Waals surface area contributed by atoms with Gasteiger partial charge in [-0.3, -0.25) is 0 Å². The van der Waals surface area contributed by atoms with Gasteiger partial charge in [-0.2, -0.15) is 0 Å². The van der Waals surface area contributed by atoms with Gasteiger partial charge in [0.15, 0.2) is 0 Å². The van der Waals surface area contributed by atoms with Crippen LogP contribution in [0.1, 0.15) is 29.5 Å². The van der Waals surface area contributed by atoms with Crippen molar-refractivity contribution in [3.05, 3.63) is 101 Å². The molecule has 0 saturated heterocycles. The van der Waals surface area contributed by atoms with Crippen LogP contribution in [0.3, 0.4) is 0 Å². The summed E-state index contributed by atoms with van der Waals surface area (Å²) in [5.41, 5.74) is 9.95. The average molecular weight is 286 g/mol. The van der Waals surface area contributed by atoms with Gasteiger partial charge in [-0.15, -0.1) is 0 Å². The summed E-state index contributed by atoms with van der Waals surface area (Å²) >= 11 is 0. The van der Waals surface area contributed by atoms with Crippen LogP contribution in [0.5, 0.6) is 0 Å². The standard InChI is InChI=1S/C22H22/c1-15-5-7-21-10-9-20(18(4)22(21)14-15)8-6-19-12-16(2)11-17(3)13-19/h5-9,12,14H,2-4,10-11,13H2,1H3/b8-6+. The highest BCUT2D eigenvalue weighted by molar-refractivity contribution is 5.84. The SMILES string of the molecule is C=C1C=C(/C=C/C2=CCc3ccc(C)cc3C2=C)CC(=C)C1. The van der Waals surface area contributed by atoms with E-state index in [0.29, 0.717) is 0 Å². The molecule has 0 aliphatic heterocycles. The first kappa shape index (κ1) is 14.6. The molecule has 0 unspecified atom stereocenters. The molecule has 0 spiro atoms. The predicted octanol–water partition coefficient (Wildman–Crippen LogP) is 5.88. The molecule has 1 aromatic carbocycles. The highest BCUT2D eigenvalue weighted by Crippen LogP contribution is 2.32. The summed E-state index contributed by atoms with van der Waals surface area (Å²) in [5, 5.41) is 0. The average Bonchev–Trinajstić information content (AvgIpc) is 2.46. The van der Waals surface area contributed by atoms with Gasteiger partial charge in [0, 0.05) is 0 Å². The van der Waals surface area contributed by atoms with Crippen LogP contribution in [0.4, 0.5) is 0 Å². The van der Waals surface area contributed by atoms with Crippen LogP contribution in [0.25, 0.3) is 5.57 Å². The predicted molar refractivity (Wildman–Crippen MR) is 96.7 cm³/mol. The number of allylic oxidation sites excluding steroid dienone is 9. The summed E-state index contributed by atoms with van der Waals surface area (Å²) in [6.45, 7) is 14.6. The molecule has 0 atom stereocenters. The van der Waals surface area contributed by atoms with Crippen molar-refractivity contribution in [2.24, 2.45) is 0 Å². The van der Waals surface area contributed by atoms with Gasteiger partial charge >= 0.3 is 0 Å². The highest BCUT2D eigenvalue weighted by Gasteiger charge is 2.14. The maximum atomic E-state index is 4.30. The maximum Gasteiger partial charge on any atom is -0.00664 e. The minimum atomic E-state index is 0.930. The first-order valence-electron chi connectivity index (χ1n) is 7.75. The topological polar surface area (TPSA) is 0 Å². The Balaban J connectivity index is 1.84. The molecule has 0 nitrogen and oxygen atoms in total. The van der Waals surface area contributed by atoms with Gasteiger partial charge in [0.1, 0.15) is 0 Å². The Bertz CT molecular complexity index is 763. The van der Waals surface area contributed by atoms with E-state index >= 15 is 0 Å². The van der Waals surface area contributed by atoms with Crippen molar-refractivity contribution in [1.82, 2.24) is 0 Å². The van der Waals surface area contributed by atoms with Crippen LogP contribution in [0, 0.1) is 6.92 Å². The third kappa shape index (κ3) is 2.96. The number of aryl methyl sites for hydroxylation is 1. The van der Waals surface area contributed by atoms with Crippen molar-refractivity contribution in [3.8, 4) is 0 Å². The summed E-state index contributed by atoms with van der Waals surface area (Å²) in [7, 11) is 0. The van der Waals surface area contributed by atoms with Crippen molar-refractivity contribution >= 4 is 5.57 Å². The monoisotopic (exact) mass is 286 g/mol. The Hall–Kier alpha value is -2.34. The first-order valence-corrected chi connectivity index (χ1v) is 7.75. The van der Waals surface area contributed by atoms with Gasteiger partial charge in [0.05, 0.1) is 0 Å². The summed E-state index contributed by atoms with van der Waals surface area (Å²) in [5.74, 6) is 0. The quantitative estimate of drug-likeness (QED) is 0.595. The van der Waals surface area contributed by atoms with Crippen LogP contribution in [0.15, 0.2) is 84.5 Å². The minimum Gasteiger partial charge on any atom is -0.0992 e. The second-order valence-corrected chi connectivity index (χ2v) is 6.32. The van der Waals surface area contributed by atoms with Gasteiger partial charge < -0.3 is 0 Å². The summed E-state index contributed by atoms with van der Waals surface area (Å²) < 4.78 is 0. The Morgan fingerprint density at radius 2 is 1.86 bits per heavy atom. The summed E-state index contributed by atoms with van der Waals surface area (Å²) in [6.07, 6.45) is 11.7. The van der Waals surface area contributed by atoms with Crippen LogP contribution >= 0.6 is 0 Å². The molecule has 22 heavy (non-hydrogen) atoms. The van der Waals surface area contributed by atoms with Crippen molar-refractivity contribution in [3.63, 3.8) is 0 Å². The van der Waals surface area contributed by atoms with Crippen LogP contribution in [-0.2, 0) is 6.42 Å². The minimum absolute atomic E-state index is 0.930.